The Bertz CT molecular complexity index is 1450. The van der Waals surface area contributed by atoms with E-state index in [1.165, 1.54) is 33.9 Å². The highest BCUT2D eigenvalue weighted by Crippen LogP contribution is 2.29. The molecule has 0 fully saturated rings. The highest BCUT2D eigenvalue weighted by atomic mass is 19.4. The third-order valence-electron chi connectivity index (χ3n) is 6.19. The maximum atomic E-state index is 13.4. The summed E-state index contributed by atoms with van der Waals surface area (Å²) in [6.45, 7) is -0.00645. The summed E-state index contributed by atoms with van der Waals surface area (Å²) < 4.78 is 40.2. The molecule has 7 nitrogen and oxygen atoms in total. The molecule has 0 bridgehead atoms. The van der Waals surface area contributed by atoms with E-state index in [0.717, 1.165) is 23.4 Å². The summed E-state index contributed by atoms with van der Waals surface area (Å²) in [7, 11) is 1.68. The minimum absolute atomic E-state index is 0.00645. The van der Waals surface area contributed by atoms with Crippen LogP contribution in [0.15, 0.2) is 91.3 Å². The quantitative estimate of drug-likeness (QED) is 0.297. The molecule has 1 N–H and O–H groups in total. The lowest BCUT2D eigenvalue weighted by atomic mass is 10.1. The van der Waals surface area contributed by atoms with E-state index in [-0.39, 0.29) is 13.0 Å². The number of carbonyl (C=O) groups is 2. The van der Waals surface area contributed by atoms with Crippen molar-refractivity contribution in [2.24, 2.45) is 7.05 Å². The highest BCUT2D eigenvalue weighted by Gasteiger charge is 2.31. The molecule has 0 aliphatic rings. The first-order chi connectivity index (χ1) is 18.6. The summed E-state index contributed by atoms with van der Waals surface area (Å²) in [5.74, 6) is -1.80. The number of benzene rings is 2. The van der Waals surface area contributed by atoms with Crippen LogP contribution in [0.3, 0.4) is 0 Å². The number of rotatable bonds is 9. The van der Waals surface area contributed by atoms with Crippen molar-refractivity contribution in [3.8, 4) is 11.3 Å². The number of aliphatic carboxylic acids is 1. The van der Waals surface area contributed by atoms with E-state index in [9.17, 15) is 27.9 Å². The van der Waals surface area contributed by atoms with E-state index < -0.39 is 29.7 Å². The monoisotopic (exact) mass is 534 g/mol. The van der Waals surface area contributed by atoms with Crippen LogP contribution in [0.25, 0.3) is 17.3 Å². The van der Waals surface area contributed by atoms with Gasteiger partial charge in [-0.05, 0) is 47.5 Å². The Hall–Kier alpha value is -4.73. The Morgan fingerprint density at radius 3 is 2.28 bits per heavy atom. The third kappa shape index (κ3) is 6.98. The van der Waals surface area contributed by atoms with E-state index in [2.05, 4.69) is 10.1 Å². The first-order valence-electron chi connectivity index (χ1n) is 12.0. The number of aryl methyl sites for hydroxylation is 1. The van der Waals surface area contributed by atoms with Crippen molar-refractivity contribution >= 4 is 18.0 Å². The fraction of sp³-hybridized carbons (Fsp3) is 0.172. The van der Waals surface area contributed by atoms with Crippen LogP contribution in [0, 0.1) is 0 Å². The molecule has 2 aromatic heterocycles. The van der Waals surface area contributed by atoms with Gasteiger partial charge in [-0.1, -0.05) is 42.5 Å². The number of alkyl halides is 3. The zero-order valence-corrected chi connectivity index (χ0v) is 20.9. The number of carboxylic acid groups (broad SMARTS) is 1. The van der Waals surface area contributed by atoms with E-state index in [0.29, 0.717) is 16.8 Å². The molecular formula is C29H25F3N4O3. The second-order valence-corrected chi connectivity index (χ2v) is 8.84. The number of hydrogen-bond acceptors (Lipinski definition) is 4. The first-order valence-corrected chi connectivity index (χ1v) is 12.0. The maximum absolute atomic E-state index is 13.4. The van der Waals surface area contributed by atoms with E-state index in [4.69, 9.17) is 0 Å². The maximum Gasteiger partial charge on any atom is 0.416 e. The van der Waals surface area contributed by atoms with Crippen LogP contribution in [0.5, 0.6) is 0 Å². The summed E-state index contributed by atoms with van der Waals surface area (Å²) in [5.41, 5.74) is 2.53. The highest BCUT2D eigenvalue weighted by molar-refractivity contribution is 5.94. The Morgan fingerprint density at radius 2 is 1.72 bits per heavy atom. The molecule has 1 amide bonds. The van der Waals surface area contributed by atoms with Gasteiger partial charge in [0.05, 0.1) is 11.3 Å². The number of pyridine rings is 1. The third-order valence-corrected chi connectivity index (χ3v) is 6.19. The summed E-state index contributed by atoms with van der Waals surface area (Å²) in [6.07, 6.45) is 1.30. The van der Waals surface area contributed by atoms with Gasteiger partial charge in [-0.15, -0.1) is 0 Å². The molecule has 200 valence electrons. The van der Waals surface area contributed by atoms with Crippen LogP contribution < -0.4 is 0 Å². The average molecular weight is 535 g/mol. The number of nitrogens with zero attached hydrogens (tertiary/aromatic N) is 4. The van der Waals surface area contributed by atoms with Crippen LogP contribution in [0.1, 0.15) is 22.4 Å². The molecule has 4 rings (SSSR count). The second kappa shape index (κ2) is 11.8. The van der Waals surface area contributed by atoms with E-state index >= 15 is 0 Å². The molecule has 1 atom stereocenters. The molecule has 0 aliphatic heterocycles. The predicted octanol–water partition coefficient (Wildman–Crippen LogP) is 5.24. The van der Waals surface area contributed by atoms with E-state index in [1.807, 2.05) is 30.3 Å². The van der Waals surface area contributed by atoms with Crippen LogP contribution in [0.4, 0.5) is 13.2 Å². The van der Waals surface area contributed by atoms with Crippen LogP contribution >= 0.6 is 0 Å². The summed E-state index contributed by atoms with van der Waals surface area (Å²) in [6, 6.07) is 17.6. The number of aromatic nitrogens is 3. The topological polar surface area (TPSA) is 88.3 Å². The van der Waals surface area contributed by atoms with Gasteiger partial charge in [-0.25, -0.2) is 4.79 Å². The lowest BCUT2D eigenvalue weighted by Crippen LogP contribution is -2.45. The largest absolute Gasteiger partial charge is 0.480 e. The summed E-state index contributed by atoms with van der Waals surface area (Å²) in [5, 5.41) is 14.2. The molecule has 2 heterocycles. The Balaban J connectivity index is 1.61. The Kier molecular flexibility index (Phi) is 8.24. The molecule has 39 heavy (non-hydrogen) atoms. The summed E-state index contributed by atoms with van der Waals surface area (Å²) in [4.78, 5) is 31.3. The summed E-state index contributed by atoms with van der Waals surface area (Å²) >= 11 is 0. The average Bonchev–Trinajstić information content (AvgIpc) is 3.33. The van der Waals surface area contributed by atoms with Gasteiger partial charge < -0.3 is 10.0 Å². The molecule has 0 spiro atoms. The molecule has 10 heteroatoms. The van der Waals surface area contributed by atoms with E-state index in [1.54, 1.807) is 37.6 Å². The minimum atomic E-state index is -4.47. The van der Waals surface area contributed by atoms with Crippen molar-refractivity contribution in [1.29, 1.82) is 0 Å². The van der Waals surface area contributed by atoms with Gasteiger partial charge in [0, 0.05) is 49.7 Å². The molecule has 0 radical (unpaired) electrons. The lowest BCUT2D eigenvalue weighted by molar-refractivity contribution is -0.149. The SMILES string of the molecule is Cn1nccc1CC(C(=O)O)N(Cc1ccc(-c2ccccn2)cc1)C(=O)/C=C/c1ccc(C(F)(F)F)cc1. The van der Waals surface area contributed by atoms with Gasteiger partial charge in [0.15, 0.2) is 0 Å². The molecule has 0 saturated carbocycles. The number of amides is 1. The smallest absolute Gasteiger partial charge is 0.416 e. The van der Waals surface area contributed by atoms with Gasteiger partial charge >= 0.3 is 12.1 Å². The number of carboxylic acids is 1. The van der Waals surface area contributed by atoms with Gasteiger partial charge in [-0.3, -0.25) is 14.5 Å². The van der Waals surface area contributed by atoms with Crippen LogP contribution in [-0.2, 0) is 35.8 Å². The zero-order valence-electron chi connectivity index (χ0n) is 20.9. The van der Waals surface area contributed by atoms with Gasteiger partial charge in [0.1, 0.15) is 6.04 Å². The van der Waals surface area contributed by atoms with Gasteiger partial charge in [-0.2, -0.15) is 18.3 Å². The second-order valence-electron chi connectivity index (χ2n) is 8.84. The first kappa shape index (κ1) is 27.3. The molecule has 0 saturated heterocycles. The fourth-order valence-electron chi connectivity index (χ4n) is 4.03. The zero-order chi connectivity index (χ0) is 28.0. The molecule has 0 aliphatic carbocycles. The van der Waals surface area contributed by atoms with Crippen molar-refractivity contribution in [2.45, 2.75) is 25.2 Å². The fourth-order valence-corrected chi connectivity index (χ4v) is 4.03. The Morgan fingerprint density at radius 1 is 1.00 bits per heavy atom. The normalized spacial score (nSPS) is 12.4. The van der Waals surface area contributed by atoms with Crippen LogP contribution in [-0.4, -0.2) is 42.7 Å². The Labute approximate surface area is 222 Å². The molecular weight excluding hydrogens is 509 g/mol. The molecule has 4 aromatic rings. The van der Waals surface area contributed by atoms with Crippen LogP contribution in [0.2, 0.25) is 0 Å². The van der Waals surface area contributed by atoms with Crippen molar-refractivity contribution in [3.05, 3.63) is 114 Å². The van der Waals surface area contributed by atoms with Crippen molar-refractivity contribution in [3.63, 3.8) is 0 Å². The van der Waals surface area contributed by atoms with Crippen molar-refractivity contribution in [1.82, 2.24) is 19.7 Å². The number of halogens is 3. The van der Waals surface area contributed by atoms with Crippen molar-refractivity contribution < 1.29 is 27.9 Å². The number of hydrogen-bond donors (Lipinski definition) is 1. The molecule has 2 aromatic carbocycles. The van der Waals surface area contributed by atoms with Crippen molar-refractivity contribution in [2.75, 3.05) is 0 Å². The van der Waals surface area contributed by atoms with Gasteiger partial charge in [0.25, 0.3) is 0 Å². The van der Waals surface area contributed by atoms with Gasteiger partial charge in [0.2, 0.25) is 5.91 Å². The predicted molar refractivity (Wildman–Crippen MR) is 139 cm³/mol. The lowest BCUT2D eigenvalue weighted by Gasteiger charge is -2.28. The number of carbonyl (C=O) groups excluding carboxylic acids is 1. The standard InChI is InChI=1S/C29H25F3N4O3/c1-35-24(15-17-34-35)18-26(28(38)39)36(19-21-5-10-22(11-6-21)25-4-2-3-16-33-25)27(37)14-9-20-7-12-23(13-8-20)29(30,31)32/h2-17,26H,18-19H2,1H3,(H,38,39)/b14-9+. The molecule has 1 unspecified atom stereocenters. The minimum Gasteiger partial charge on any atom is -0.480 e.